The zero-order valence-corrected chi connectivity index (χ0v) is 13.4. The Morgan fingerprint density at radius 3 is 2.22 bits per heavy atom. The largest absolute Gasteiger partial charge is 0.461 e. The van der Waals surface area contributed by atoms with Crippen LogP contribution in [-0.4, -0.2) is 37.4 Å². The third kappa shape index (κ3) is 3.31. The fourth-order valence-electron chi connectivity index (χ4n) is 3.35. The molecule has 1 saturated carbocycles. The topological polar surface area (TPSA) is 61.8 Å². The van der Waals surface area contributed by atoms with Crippen molar-refractivity contribution in [2.45, 2.75) is 38.4 Å². The van der Waals surface area contributed by atoms with Crippen LogP contribution in [0.3, 0.4) is 0 Å². The maximum absolute atomic E-state index is 12.2. The van der Waals surface area contributed by atoms with Crippen molar-refractivity contribution in [3.63, 3.8) is 0 Å². The number of Topliss-reactive ketones (excluding diaryl/α,β-unsaturated/α-hetero) is 1. The summed E-state index contributed by atoms with van der Waals surface area (Å²) in [6.07, 6.45) is 2.56. The van der Waals surface area contributed by atoms with E-state index in [0.29, 0.717) is 44.5 Å². The van der Waals surface area contributed by atoms with Gasteiger partial charge in [0.25, 0.3) is 0 Å². The van der Waals surface area contributed by atoms with Crippen molar-refractivity contribution in [1.29, 1.82) is 0 Å². The van der Waals surface area contributed by atoms with Crippen LogP contribution in [0.2, 0.25) is 0 Å². The molecule has 2 fully saturated rings. The molecule has 0 N–H and O–H groups in total. The Bertz CT molecular complexity index is 564. The summed E-state index contributed by atoms with van der Waals surface area (Å²) in [5, 5.41) is 0. The standard InChI is InChI=1S/C18H22O5/c1-14(19)17(7-9-18(10-8-17)22-11-12-23-18)13-21-16(20)15-5-3-2-4-6-15/h2-6H,7-13H2,1H3. The highest BCUT2D eigenvalue weighted by molar-refractivity contribution is 5.90. The van der Waals surface area contributed by atoms with Crippen molar-refractivity contribution < 1.29 is 23.8 Å². The lowest BCUT2D eigenvalue weighted by atomic mass is 9.70. The van der Waals surface area contributed by atoms with Crippen LogP contribution in [0.1, 0.15) is 43.0 Å². The van der Waals surface area contributed by atoms with E-state index < -0.39 is 11.2 Å². The fraction of sp³-hybridized carbons (Fsp3) is 0.556. The Balaban J connectivity index is 1.63. The Morgan fingerprint density at radius 2 is 1.65 bits per heavy atom. The molecule has 2 aliphatic rings. The van der Waals surface area contributed by atoms with Crippen molar-refractivity contribution >= 4 is 11.8 Å². The third-order valence-electron chi connectivity index (χ3n) is 5.02. The Kier molecular flexibility index (Phi) is 4.50. The summed E-state index contributed by atoms with van der Waals surface area (Å²) < 4.78 is 16.9. The number of ketones is 1. The van der Waals surface area contributed by atoms with Crippen LogP contribution in [0.4, 0.5) is 0 Å². The van der Waals surface area contributed by atoms with Crippen LogP contribution < -0.4 is 0 Å². The van der Waals surface area contributed by atoms with Gasteiger partial charge in [-0.15, -0.1) is 0 Å². The average molecular weight is 318 g/mol. The van der Waals surface area contributed by atoms with E-state index in [4.69, 9.17) is 14.2 Å². The predicted octanol–water partition coefficient (Wildman–Crippen LogP) is 2.74. The molecular formula is C18H22O5. The van der Waals surface area contributed by atoms with Gasteiger partial charge in [0.2, 0.25) is 0 Å². The van der Waals surface area contributed by atoms with Crippen molar-refractivity contribution in [3.05, 3.63) is 35.9 Å². The molecule has 1 aliphatic heterocycles. The first-order valence-electron chi connectivity index (χ1n) is 8.07. The molecule has 1 aromatic carbocycles. The quantitative estimate of drug-likeness (QED) is 0.799. The molecule has 3 rings (SSSR count). The molecule has 0 aromatic heterocycles. The highest BCUT2D eigenvalue weighted by Crippen LogP contribution is 2.45. The van der Waals surface area contributed by atoms with Crippen LogP contribution in [0.5, 0.6) is 0 Å². The first-order valence-corrected chi connectivity index (χ1v) is 8.07. The Hall–Kier alpha value is -1.72. The molecule has 1 aliphatic carbocycles. The molecule has 1 saturated heterocycles. The average Bonchev–Trinajstić information content (AvgIpc) is 3.03. The minimum absolute atomic E-state index is 0.0613. The van der Waals surface area contributed by atoms with Crippen molar-refractivity contribution in [2.24, 2.45) is 5.41 Å². The number of ether oxygens (including phenoxy) is 3. The fourth-order valence-corrected chi connectivity index (χ4v) is 3.35. The molecule has 5 heteroatoms. The van der Waals surface area contributed by atoms with Gasteiger partial charge in [-0.1, -0.05) is 18.2 Å². The number of hydrogen-bond donors (Lipinski definition) is 0. The van der Waals surface area contributed by atoms with E-state index in [9.17, 15) is 9.59 Å². The summed E-state index contributed by atoms with van der Waals surface area (Å²) in [7, 11) is 0. The molecule has 1 aromatic rings. The SMILES string of the molecule is CC(=O)C1(COC(=O)c2ccccc2)CCC2(CC1)OCCO2. The summed E-state index contributed by atoms with van der Waals surface area (Å²) in [5.74, 6) is -0.853. The van der Waals surface area contributed by atoms with Gasteiger partial charge in [0.1, 0.15) is 12.4 Å². The maximum Gasteiger partial charge on any atom is 0.338 e. The second kappa shape index (κ2) is 6.42. The lowest BCUT2D eigenvalue weighted by Crippen LogP contribution is -2.45. The molecule has 0 bridgehead atoms. The molecule has 23 heavy (non-hydrogen) atoms. The van der Waals surface area contributed by atoms with Crippen LogP contribution in [0, 0.1) is 5.41 Å². The van der Waals surface area contributed by atoms with E-state index in [1.807, 2.05) is 6.07 Å². The van der Waals surface area contributed by atoms with Crippen LogP contribution in [0.25, 0.3) is 0 Å². The second-order valence-electron chi connectivity index (χ2n) is 6.39. The minimum Gasteiger partial charge on any atom is -0.461 e. The first-order chi connectivity index (χ1) is 11.1. The Labute approximate surface area is 135 Å². The molecule has 0 atom stereocenters. The van der Waals surface area contributed by atoms with Crippen LogP contribution in [-0.2, 0) is 19.0 Å². The monoisotopic (exact) mass is 318 g/mol. The van der Waals surface area contributed by atoms with Crippen LogP contribution >= 0.6 is 0 Å². The van der Waals surface area contributed by atoms with Gasteiger partial charge in [0.05, 0.1) is 24.2 Å². The van der Waals surface area contributed by atoms with Crippen LogP contribution in [0.15, 0.2) is 30.3 Å². The molecular weight excluding hydrogens is 296 g/mol. The predicted molar refractivity (Wildman–Crippen MR) is 82.9 cm³/mol. The van der Waals surface area contributed by atoms with Gasteiger partial charge in [-0.2, -0.15) is 0 Å². The molecule has 5 nitrogen and oxygen atoms in total. The summed E-state index contributed by atoms with van der Waals surface area (Å²) >= 11 is 0. The lowest BCUT2D eigenvalue weighted by Gasteiger charge is -2.41. The highest BCUT2D eigenvalue weighted by Gasteiger charge is 2.49. The van der Waals surface area contributed by atoms with Gasteiger partial charge in [-0.25, -0.2) is 4.79 Å². The number of carbonyl (C=O) groups is 2. The molecule has 0 radical (unpaired) electrons. The van der Waals surface area contributed by atoms with E-state index in [-0.39, 0.29) is 18.4 Å². The second-order valence-corrected chi connectivity index (χ2v) is 6.39. The van der Waals surface area contributed by atoms with Crippen molar-refractivity contribution in [1.82, 2.24) is 0 Å². The summed E-state index contributed by atoms with van der Waals surface area (Å²) in [4.78, 5) is 24.3. The van der Waals surface area contributed by atoms with E-state index in [1.54, 1.807) is 31.2 Å². The molecule has 0 amide bonds. The first kappa shape index (κ1) is 16.1. The third-order valence-corrected chi connectivity index (χ3v) is 5.02. The summed E-state index contributed by atoms with van der Waals surface area (Å²) in [6.45, 7) is 2.91. The maximum atomic E-state index is 12.2. The molecule has 1 heterocycles. The van der Waals surface area contributed by atoms with Gasteiger partial charge >= 0.3 is 5.97 Å². The summed E-state index contributed by atoms with van der Waals surface area (Å²) in [6, 6.07) is 8.83. The zero-order valence-electron chi connectivity index (χ0n) is 13.4. The normalized spacial score (nSPS) is 22.0. The summed E-state index contributed by atoms with van der Waals surface area (Å²) in [5.41, 5.74) is -0.119. The van der Waals surface area contributed by atoms with Gasteiger partial charge in [0, 0.05) is 12.8 Å². The molecule has 1 spiro atoms. The minimum atomic E-state index is -0.620. The van der Waals surface area contributed by atoms with E-state index in [0.717, 1.165) is 0 Å². The number of hydrogen-bond acceptors (Lipinski definition) is 5. The van der Waals surface area contributed by atoms with Crippen molar-refractivity contribution in [2.75, 3.05) is 19.8 Å². The Morgan fingerprint density at radius 1 is 1.04 bits per heavy atom. The van der Waals surface area contributed by atoms with Gasteiger partial charge in [0.15, 0.2) is 5.79 Å². The van der Waals surface area contributed by atoms with Crippen molar-refractivity contribution in [3.8, 4) is 0 Å². The van der Waals surface area contributed by atoms with Gasteiger partial charge in [-0.3, -0.25) is 4.79 Å². The van der Waals surface area contributed by atoms with E-state index >= 15 is 0 Å². The molecule has 0 unspecified atom stereocenters. The van der Waals surface area contributed by atoms with E-state index in [2.05, 4.69) is 0 Å². The lowest BCUT2D eigenvalue weighted by molar-refractivity contribution is -0.195. The van der Waals surface area contributed by atoms with Gasteiger partial charge < -0.3 is 14.2 Å². The zero-order chi connectivity index (χ0) is 16.3. The number of esters is 1. The molecule has 124 valence electrons. The van der Waals surface area contributed by atoms with E-state index in [1.165, 1.54) is 0 Å². The number of rotatable bonds is 4. The smallest absolute Gasteiger partial charge is 0.338 e. The number of carbonyl (C=O) groups excluding carboxylic acids is 2. The van der Waals surface area contributed by atoms with Gasteiger partial charge in [-0.05, 0) is 31.9 Å². The number of benzene rings is 1. The highest BCUT2D eigenvalue weighted by atomic mass is 16.7.